The lowest BCUT2D eigenvalue weighted by molar-refractivity contribution is -0.116. The van der Waals surface area contributed by atoms with Crippen LogP contribution in [0.25, 0.3) is 0 Å². The van der Waals surface area contributed by atoms with Crippen LogP contribution < -0.4 is 19.5 Å². The average Bonchev–Trinajstić information content (AvgIpc) is 3.66. The Morgan fingerprint density at radius 3 is 2.85 bits per heavy atom. The SMILES string of the molecule is Cc1cc(OCC2CC2)c2c(c1)OC[C@H]1C[C@H](Oc3ccc4c(c3)NC(=O)CC4)CCN1C2=O. The Balaban J connectivity index is 1.17. The fourth-order valence-corrected chi connectivity index (χ4v) is 5.14. The zero-order valence-corrected chi connectivity index (χ0v) is 19.5. The van der Waals surface area contributed by atoms with E-state index in [0.29, 0.717) is 55.6 Å². The van der Waals surface area contributed by atoms with Crippen molar-refractivity contribution in [3.05, 3.63) is 47.0 Å². The zero-order chi connectivity index (χ0) is 23.2. The van der Waals surface area contributed by atoms with Crippen molar-refractivity contribution in [2.24, 2.45) is 5.92 Å². The van der Waals surface area contributed by atoms with Gasteiger partial charge in [0.05, 0.1) is 12.6 Å². The molecule has 0 aromatic heterocycles. The van der Waals surface area contributed by atoms with E-state index in [4.69, 9.17) is 14.2 Å². The van der Waals surface area contributed by atoms with Crippen LogP contribution >= 0.6 is 0 Å². The van der Waals surface area contributed by atoms with Crippen LogP contribution in [0.5, 0.6) is 17.2 Å². The normalized spacial score (nSPS) is 23.6. The molecule has 178 valence electrons. The topological polar surface area (TPSA) is 77.1 Å². The number of aryl methyl sites for hydroxylation is 2. The van der Waals surface area contributed by atoms with Gasteiger partial charge in [-0.2, -0.15) is 0 Å². The van der Waals surface area contributed by atoms with E-state index < -0.39 is 0 Å². The van der Waals surface area contributed by atoms with Crippen molar-refractivity contribution in [1.82, 2.24) is 4.90 Å². The summed E-state index contributed by atoms with van der Waals surface area (Å²) in [6.45, 7) is 3.70. The Morgan fingerprint density at radius 2 is 2.00 bits per heavy atom. The predicted molar refractivity (Wildman–Crippen MR) is 127 cm³/mol. The summed E-state index contributed by atoms with van der Waals surface area (Å²) < 4.78 is 18.6. The Kier molecular flexibility index (Phi) is 5.35. The Morgan fingerprint density at radius 1 is 1.12 bits per heavy atom. The molecule has 3 aliphatic heterocycles. The average molecular weight is 463 g/mol. The van der Waals surface area contributed by atoms with Crippen molar-refractivity contribution in [2.75, 3.05) is 25.1 Å². The van der Waals surface area contributed by atoms with Crippen LogP contribution in [-0.4, -0.2) is 48.6 Å². The number of fused-ring (bicyclic) bond motifs is 3. The second-order valence-corrected chi connectivity index (χ2v) is 9.99. The maximum absolute atomic E-state index is 13.6. The van der Waals surface area contributed by atoms with Crippen LogP contribution in [0.1, 0.15) is 53.6 Å². The fraction of sp³-hybridized carbons (Fsp3) is 0.481. The van der Waals surface area contributed by atoms with Gasteiger partial charge in [0.2, 0.25) is 5.91 Å². The lowest BCUT2D eigenvalue weighted by Gasteiger charge is -2.37. The lowest BCUT2D eigenvalue weighted by Crippen LogP contribution is -2.50. The van der Waals surface area contributed by atoms with E-state index in [0.717, 1.165) is 35.4 Å². The quantitative estimate of drug-likeness (QED) is 0.724. The molecule has 4 aliphatic rings. The minimum atomic E-state index is -0.0624. The largest absolute Gasteiger partial charge is 0.492 e. The summed E-state index contributed by atoms with van der Waals surface area (Å²) >= 11 is 0. The summed E-state index contributed by atoms with van der Waals surface area (Å²) in [6.07, 6.45) is 5.09. The van der Waals surface area contributed by atoms with E-state index in [1.807, 2.05) is 42.2 Å². The first kappa shape index (κ1) is 21.3. The first-order valence-electron chi connectivity index (χ1n) is 12.3. The van der Waals surface area contributed by atoms with Crippen LogP contribution in [0.15, 0.2) is 30.3 Å². The molecular weight excluding hydrogens is 432 g/mol. The molecule has 2 aromatic rings. The van der Waals surface area contributed by atoms with Crippen molar-refractivity contribution in [2.45, 2.75) is 57.6 Å². The molecule has 7 heteroatoms. The lowest BCUT2D eigenvalue weighted by atomic mass is 9.98. The Labute approximate surface area is 199 Å². The molecule has 2 fully saturated rings. The van der Waals surface area contributed by atoms with E-state index in [1.54, 1.807) is 0 Å². The van der Waals surface area contributed by atoms with Gasteiger partial charge in [-0.1, -0.05) is 6.07 Å². The van der Waals surface area contributed by atoms with Gasteiger partial charge in [0.15, 0.2) is 0 Å². The number of nitrogens with zero attached hydrogens (tertiary/aromatic N) is 1. The Hall–Kier alpha value is -3.22. The zero-order valence-electron chi connectivity index (χ0n) is 19.5. The molecular formula is C27H30N2O5. The third kappa shape index (κ3) is 4.19. The molecule has 2 amide bonds. The molecule has 3 heterocycles. The van der Waals surface area contributed by atoms with Gasteiger partial charge < -0.3 is 24.4 Å². The number of piperidine rings is 1. The molecule has 1 saturated carbocycles. The highest BCUT2D eigenvalue weighted by atomic mass is 16.5. The number of carbonyl (C=O) groups excluding carboxylic acids is 2. The molecule has 2 atom stereocenters. The van der Waals surface area contributed by atoms with Crippen molar-refractivity contribution < 1.29 is 23.8 Å². The summed E-state index contributed by atoms with van der Waals surface area (Å²) in [7, 11) is 0. The molecule has 0 spiro atoms. The minimum absolute atomic E-state index is 0.0155. The van der Waals surface area contributed by atoms with Crippen LogP contribution in [0.4, 0.5) is 5.69 Å². The molecule has 1 saturated heterocycles. The van der Waals surface area contributed by atoms with Gasteiger partial charge in [0.25, 0.3) is 5.91 Å². The number of benzene rings is 2. The molecule has 0 bridgehead atoms. The standard InChI is InChI=1S/C27H30N2O5/c1-16-10-23(32-14-17-2-3-17)26-24(11-16)33-15-19-12-21(8-9-29(19)27(26)31)34-20-6-4-18-5-7-25(30)28-22(18)13-20/h4,6,10-11,13,17,19,21H,2-3,5,7-9,12,14-15H2,1H3,(H,28,30)/t19-,21-/m1/s1. The second kappa shape index (κ2) is 8.53. The molecule has 0 radical (unpaired) electrons. The number of hydrogen-bond acceptors (Lipinski definition) is 5. The minimum Gasteiger partial charge on any atom is -0.492 e. The molecule has 1 N–H and O–H groups in total. The summed E-state index contributed by atoms with van der Waals surface area (Å²) in [5.74, 6) is 2.64. The smallest absolute Gasteiger partial charge is 0.261 e. The summed E-state index contributed by atoms with van der Waals surface area (Å²) in [5, 5.41) is 2.93. The molecule has 0 unspecified atom stereocenters. The maximum Gasteiger partial charge on any atom is 0.261 e. The van der Waals surface area contributed by atoms with Crippen molar-refractivity contribution in [1.29, 1.82) is 0 Å². The van der Waals surface area contributed by atoms with E-state index in [-0.39, 0.29) is 24.0 Å². The van der Waals surface area contributed by atoms with E-state index in [2.05, 4.69) is 5.32 Å². The summed E-state index contributed by atoms with van der Waals surface area (Å²) in [6, 6.07) is 9.74. The number of nitrogens with one attached hydrogen (secondary N) is 1. The van der Waals surface area contributed by atoms with Gasteiger partial charge in [-0.3, -0.25) is 9.59 Å². The van der Waals surface area contributed by atoms with Gasteiger partial charge in [-0.25, -0.2) is 0 Å². The number of carbonyl (C=O) groups is 2. The van der Waals surface area contributed by atoms with Crippen LogP contribution in [0, 0.1) is 12.8 Å². The van der Waals surface area contributed by atoms with Gasteiger partial charge in [-0.05, 0) is 61.4 Å². The first-order chi connectivity index (χ1) is 16.5. The number of rotatable bonds is 5. The molecule has 34 heavy (non-hydrogen) atoms. The summed E-state index contributed by atoms with van der Waals surface area (Å²) in [4.78, 5) is 27.3. The summed E-state index contributed by atoms with van der Waals surface area (Å²) in [5.41, 5.74) is 3.55. The molecule has 1 aliphatic carbocycles. The van der Waals surface area contributed by atoms with E-state index in [1.165, 1.54) is 12.8 Å². The highest BCUT2D eigenvalue weighted by Crippen LogP contribution is 2.38. The predicted octanol–water partition coefficient (Wildman–Crippen LogP) is 4.11. The third-order valence-electron chi connectivity index (χ3n) is 7.24. The number of amides is 2. The number of ether oxygens (including phenoxy) is 3. The highest BCUT2D eigenvalue weighted by molar-refractivity contribution is 6.00. The van der Waals surface area contributed by atoms with E-state index in [9.17, 15) is 9.59 Å². The van der Waals surface area contributed by atoms with Crippen LogP contribution in [0.3, 0.4) is 0 Å². The van der Waals surface area contributed by atoms with E-state index >= 15 is 0 Å². The molecule has 6 rings (SSSR count). The third-order valence-corrected chi connectivity index (χ3v) is 7.24. The second-order valence-electron chi connectivity index (χ2n) is 9.99. The number of anilines is 1. The van der Waals surface area contributed by atoms with Crippen molar-refractivity contribution in [3.63, 3.8) is 0 Å². The number of hydrogen-bond donors (Lipinski definition) is 1. The van der Waals surface area contributed by atoms with Crippen LogP contribution in [0.2, 0.25) is 0 Å². The van der Waals surface area contributed by atoms with Crippen molar-refractivity contribution in [3.8, 4) is 17.2 Å². The Bertz CT molecular complexity index is 1140. The molecule has 7 nitrogen and oxygen atoms in total. The molecule has 2 aromatic carbocycles. The van der Waals surface area contributed by atoms with Crippen molar-refractivity contribution >= 4 is 17.5 Å². The monoisotopic (exact) mass is 462 g/mol. The van der Waals surface area contributed by atoms with Crippen LogP contribution in [-0.2, 0) is 11.2 Å². The fourth-order valence-electron chi connectivity index (χ4n) is 5.14. The van der Waals surface area contributed by atoms with Gasteiger partial charge in [0, 0.05) is 37.6 Å². The van der Waals surface area contributed by atoms with Gasteiger partial charge in [0.1, 0.15) is 35.5 Å². The van der Waals surface area contributed by atoms with Gasteiger partial charge >= 0.3 is 0 Å². The van der Waals surface area contributed by atoms with Gasteiger partial charge in [-0.15, -0.1) is 0 Å². The first-order valence-corrected chi connectivity index (χ1v) is 12.3. The highest BCUT2D eigenvalue weighted by Gasteiger charge is 2.39. The maximum atomic E-state index is 13.6.